The van der Waals surface area contributed by atoms with Crippen LogP contribution in [0.5, 0.6) is 0 Å². The quantitative estimate of drug-likeness (QED) is 0.848. The van der Waals surface area contributed by atoms with E-state index < -0.39 is 0 Å². The zero-order chi connectivity index (χ0) is 15.5. The van der Waals surface area contributed by atoms with Crippen LogP contribution >= 0.6 is 0 Å². The summed E-state index contributed by atoms with van der Waals surface area (Å²) in [6.07, 6.45) is 7.06. The van der Waals surface area contributed by atoms with Crippen LogP contribution in [0, 0.1) is 0 Å². The van der Waals surface area contributed by atoms with E-state index in [1.165, 1.54) is 7.11 Å². The van der Waals surface area contributed by atoms with E-state index in [9.17, 15) is 4.79 Å². The van der Waals surface area contributed by atoms with Gasteiger partial charge in [-0.25, -0.2) is 4.98 Å². The number of aryl methyl sites for hydroxylation is 1. The summed E-state index contributed by atoms with van der Waals surface area (Å²) in [5.41, 5.74) is 2.49. The van der Waals surface area contributed by atoms with Crippen molar-refractivity contribution in [3.05, 3.63) is 30.4 Å². The Morgan fingerprint density at radius 3 is 3.05 bits per heavy atom. The largest absolute Gasteiger partial charge is 0.375 e. The molecule has 0 radical (unpaired) electrons. The zero-order valence-electron chi connectivity index (χ0n) is 12.8. The van der Waals surface area contributed by atoms with Gasteiger partial charge in [-0.2, -0.15) is 5.10 Å². The van der Waals surface area contributed by atoms with Gasteiger partial charge in [0.05, 0.1) is 29.8 Å². The maximum atomic E-state index is 12.1. The summed E-state index contributed by atoms with van der Waals surface area (Å²) in [5.74, 6) is -0.00210. The van der Waals surface area contributed by atoms with Crippen molar-refractivity contribution in [3.63, 3.8) is 0 Å². The van der Waals surface area contributed by atoms with Gasteiger partial charge in [-0.05, 0) is 18.9 Å². The van der Waals surface area contributed by atoms with Crippen molar-refractivity contribution < 1.29 is 9.53 Å². The molecule has 0 unspecified atom stereocenters. The van der Waals surface area contributed by atoms with Crippen molar-refractivity contribution in [1.29, 1.82) is 0 Å². The Labute approximate surface area is 128 Å². The van der Waals surface area contributed by atoms with Gasteiger partial charge in [-0.3, -0.25) is 14.5 Å². The number of methoxy groups -OCH3 is 1. The number of rotatable bonds is 4. The molecule has 0 aliphatic carbocycles. The summed E-state index contributed by atoms with van der Waals surface area (Å²) < 4.78 is 6.72. The highest BCUT2D eigenvalue weighted by atomic mass is 16.5. The zero-order valence-corrected chi connectivity index (χ0v) is 12.8. The molecule has 0 spiro atoms. The molecule has 7 nitrogen and oxygen atoms in total. The van der Waals surface area contributed by atoms with Crippen LogP contribution in [-0.2, 0) is 16.6 Å². The molecule has 1 fully saturated rings. The predicted molar refractivity (Wildman–Crippen MR) is 79.8 cm³/mol. The van der Waals surface area contributed by atoms with Crippen molar-refractivity contribution in [3.8, 4) is 11.4 Å². The Balaban J connectivity index is 1.88. The highest BCUT2D eigenvalue weighted by molar-refractivity contribution is 5.78. The van der Waals surface area contributed by atoms with Crippen molar-refractivity contribution in [1.82, 2.24) is 24.6 Å². The standard InChI is InChI=1S/C15H19N5O2/c1-19-13(5-6-17-19)11-8-16-9-12(18-11)14-4-3-7-20(14)15(21)10-22-2/h5-6,8-9,14H,3-4,7,10H2,1-2H3/t14-/m0/s1. The Morgan fingerprint density at radius 1 is 1.45 bits per heavy atom. The molecule has 1 amide bonds. The van der Waals surface area contributed by atoms with Crippen LogP contribution in [0.25, 0.3) is 11.4 Å². The lowest BCUT2D eigenvalue weighted by atomic mass is 10.1. The number of hydrogen-bond acceptors (Lipinski definition) is 5. The van der Waals surface area contributed by atoms with E-state index in [4.69, 9.17) is 9.72 Å². The van der Waals surface area contributed by atoms with Crippen LogP contribution < -0.4 is 0 Å². The van der Waals surface area contributed by atoms with Gasteiger partial charge in [0.2, 0.25) is 5.91 Å². The van der Waals surface area contributed by atoms with E-state index in [1.54, 1.807) is 23.3 Å². The molecule has 1 saturated heterocycles. The molecule has 0 N–H and O–H groups in total. The SMILES string of the molecule is COCC(=O)N1CCC[C@H]1c1cncc(-c2ccnn2C)n1. The summed E-state index contributed by atoms with van der Waals surface area (Å²) in [4.78, 5) is 23.0. The topological polar surface area (TPSA) is 73.1 Å². The molecular formula is C15H19N5O2. The van der Waals surface area contributed by atoms with Gasteiger partial charge in [-0.1, -0.05) is 0 Å². The number of likely N-dealkylation sites (tertiary alicyclic amines) is 1. The van der Waals surface area contributed by atoms with Gasteiger partial charge >= 0.3 is 0 Å². The summed E-state index contributed by atoms with van der Waals surface area (Å²) in [6, 6.07) is 1.87. The first-order valence-electron chi connectivity index (χ1n) is 7.29. The summed E-state index contributed by atoms with van der Waals surface area (Å²) in [5, 5.41) is 4.16. The molecule has 3 rings (SSSR count). The monoisotopic (exact) mass is 301 g/mol. The second-order valence-electron chi connectivity index (χ2n) is 5.35. The van der Waals surface area contributed by atoms with E-state index in [-0.39, 0.29) is 18.6 Å². The Bertz CT molecular complexity index is 669. The first-order chi connectivity index (χ1) is 10.7. The molecule has 116 valence electrons. The number of carbonyl (C=O) groups is 1. The Morgan fingerprint density at radius 2 is 2.32 bits per heavy atom. The fraction of sp³-hybridized carbons (Fsp3) is 0.467. The molecule has 7 heteroatoms. The van der Waals surface area contributed by atoms with E-state index >= 15 is 0 Å². The third kappa shape index (κ3) is 2.71. The minimum absolute atomic E-state index is 0.00210. The summed E-state index contributed by atoms with van der Waals surface area (Å²) in [7, 11) is 3.40. The van der Waals surface area contributed by atoms with E-state index in [1.807, 2.05) is 18.0 Å². The molecule has 0 saturated carbocycles. The second kappa shape index (κ2) is 6.23. The number of aromatic nitrogens is 4. The molecule has 1 aliphatic rings. The first kappa shape index (κ1) is 14.6. The molecule has 2 aromatic heterocycles. The van der Waals surface area contributed by atoms with Gasteiger partial charge in [0, 0.05) is 26.9 Å². The molecule has 0 bridgehead atoms. The smallest absolute Gasteiger partial charge is 0.249 e. The molecule has 1 atom stereocenters. The van der Waals surface area contributed by atoms with Gasteiger partial charge in [0.25, 0.3) is 0 Å². The maximum absolute atomic E-state index is 12.1. The van der Waals surface area contributed by atoms with E-state index in [0.717, 1.165) is 36.5 Å². The molecule has 2 aromatic rings. The van der Waals surface area contributed by atoms with Crippen molar-refractivity contribution in [2.24, 2.45) is 7.05 Å². The van der Waals surface area contributed by atoms with Gasteiger partial charge in [-0.15, -0.1) is 0 Å². The summed E-state index contributed by atoms with van der Waals surface area (Å²) in [6.45, 7) is 0.843. The number of ether oxygens (including phenoxy) is 1. The minimum atomic E-state index is -0.0247. The van der Waals surface area contributed by atoms with Crippen LogP contribution in [0.1, 0.15) is 24.6 Å². The number of carbonyl (C=O) groups excluding carboxylic acids is 1. The van der Waals surface area contributed by atoms with Gasteiger partial charge < -0.3 is 9.64 Å². The summed E-state index contributed by atoms with van der Waals surface area (Å²) >= 11 is 0. The minimum Gasteiger partial charge on any atom is -0.375 e. The lowest BCUT2D eigenvalue weighted by Gasteiger charge is -2.24. The maximum Gasteiger partial charge on any atom is 0.249 e. The molecule has 3 heterocycles. The second-order valence-corrected chi connectivity index (χ2v) is 5.35. The number of hydrogen-bond donors (Lipinski definition) is 0. The fourth-order valence-electron chi connectivity index (χ4n) is 2.87. The third-order valence-electron chi connectivity index (χ3n) is 3.92. The van der Waals surface area contributed by atoms with Gasteiger partial charge in [0.1, 0.15) is 12.3 Å². The van der Waals surface area contributed by atoms with Crippen LogP contribution in [0.4, 0.5) is 0 Å². The molecule has 1 aliphatic heterocycles. The first-order valence-corrected chi connectivity index (χ1v) is 7.29. The lowest BCUT2D eigenvalue weighted by molar-refractivity contribution is -0.136. The van der Waals surface area contributed by atoms with Gasteiger partial charge in [0.15, 0.2) is 0 Å². The van der Waals surface area contributed by atoms with E-state index in [0.29, 0.717) is 0 Å². The van der Waals surface area contributed by atoms with Crippen LogP contribution in [0.3, 0.4) is 0 Å². The third-order valence-corrected chi connectivity index (χ3v) is 3.92. The number of amides is 1. The Kier molecular flexibility index (Phi) is 4.15. The predicted octanol–water partition coefficient (Wildman–Crippen LogP) is 1.19. The highest BCUT2D eigenvalue weighted by Crippen LogP contribution is 2.31. The van der Waals surface area contributed by atoms with Crippen LogP contribution in [-0.4, -0.2) is 50.8 Å². The van der Waals surface area contributed by atoms with Crippen molar-refractivity contribution >= 4 is 5.91 Å². The lowest BCUT2D eigenvalue weighted by Crippen LogP contribution is -2.33. The van der Waals surface area contributed by atoms with Crippen molar-refractivity contribution in [2.75, 3.05) is 20.3 Å². The highest BCUT2D eigenvalue weighted by Gasteiger charge is 2.31. The van der Waals surface area contributed by atoms with Crippen LogP contribution in [0.15, 0.2) is 24.7 Å². The normalized spacial score (nSPS) is 17.9. The average Bonchev–Trinajstić information content (AvgIpc) is 3.16. The fourth-order valence-corrected chi connectivity index (χ4v) is 2.87. The van der Waals surface area contributed by atoms with Crippen molar-refractivity contribution in [2.45, 2.75) is 18.9 Å². The Hall–Kier alpha value is -2.28. The number of nitrogens with zero attached hydrogens (tertiary/aromatic N) is 5. The molecule has 0 aromatic carbocycles. The van der Waals surface area contributed by atoms with Crippen LogP contribution in [0.2, 0.25) is 0 Å². The molecule has 22 heavy (non-hydrogen) atoms. The van der Waals surface area contributed by atoms with E-state index in [2.05, 4.69) is 10.1 Å². The molecular weight excluding hydrogens is 282 g/mol. The average molecular weight is 301 g/mol.